The van der Waals surface area contributed by atoms with E-state index < -0.39 is 23.6 Å². The number of carbonyl (C=O) groups is 2. The van der Waals surface area contributed by atoms with Crippen LogP contribution in [0.15, 0.2) is 61.2 Å². The topological polar surface area (TPSA) is 52.7 Å². The van der Waals surface area contributed by atoms with Gasteiger partial charge in [0.1, 0.15) is 17.7 Å². The summed E-state index contributed by atoms with van der Waals surface area (Å²) in [6.07, 6.45) is 1.43. The average Bonchev–Trinajstić information content (AvgIpc) is 2.89. The Morgan fingerprint density at radius 1 is 1.11 bits per heavy atom. The predicted molar refractivity (Wildman–Crippen MR) is 107 cm³/mol. The molecule has 1 aliphatic heterocycles. The maximum atomic E-state index is 13.2. The lowest BCUT2D eigenvalue weighted by atomic mass is 10.1. The van der Waals surface area contributed by atoms with E-state index in [-0.39, 0.29) is 24.0 Å². The van der Waals surface area contributed by atoms with Crippen LogP contribution < -0.4 is 10.2 Å². The number of hydrogen-bond donors (Lipinski definition) is 1. The first kappa shape index (κ1) is 19.6. The number of anilines is 2. The molecule has 2 amide bonds. The van der Waals surface area contributed by atoms with Gasteiger partial charge in [-0.2, -0.15) is 0 Å². The number of hydrogen-bond acceptors (Lipinski definition) is 3. The minimum atomic E-state index is -0.823. The van der Waals surface area contributed by atoms with Crippen LogP contribution in [0.2, 0.25) is 0 Å². The Balaban J connectivity index is 1.79. The van der Waals surface area contributed by atoms with Crippen molar-refractivity contribution in [2.45, 2.75) is 12.5 Å². The minimum absolute atomic E-state index is 0.151. The van der Waals surface area contributed by atoms with Gasteiger partial charge in [0.05, 0.1) is 12.1 Å². The molecule has 28 heavy (non-hydrogen) atoms. The van der Waals surface area contributed by atoms with Crippen LogP contribution in [0.1, 0.15) is 6.42 Å². The lowest BCUT2D eigenvalue weighted by molar-refractivity contribution is -0.124. The highest BCUT2D eigenvalue weighted by Crippen LogP contribution is 2.27. The standard InChI is InChI=1S/C20H17F2N3O2S/c1-2-11-24-17(12-18(26)23-15-7-3-13(21)4-8-15)19(27)25(20(24)28)16-9-5-14(22)6-10-16/h2-10,17H,1,11-12H2,(H,23,26)/t17-/m0/s1. The second-order valence-electron chi connectivity index (χ2n) is 6.15. The van der Waals surface area contributed by atoms with Crippen LogP contribution >= 0.6 is 12.2 Å². The monoisotopic (exact) mass is 401 g/mol. The SMILES string of the molecule is C=CCN1C(=S)N(c2ccc(F)cc2)C(=O)[C@@H]1CC(=O)Nc1ccc(F)cc1. The quantitative estimate of drug-likeness (QED) is 0.595. The Kier molecular flexibility index (Phi) is 5.79. The Bertz CT molecular complexity index is 916. The molecule has 0 saturated carbocycles. The third-order valence-electron chi connectivity index (χ3n) is 4.24. The van der Waals surface area contributed by atoms with Crippen molar-refractivity contribution in [1.82, 2.24) is 4.90 Å². The van der Waals surface area contributed by atoms with Gasteiger partial charge in [0.2, 0.25) is 5.91 Å². The summed E-state index contributed by atoms with van der Waals surface area (Å²) in [5.74, 6) is -1.64. The summed E-state index contributed by atoms with van der Waals surface area (Å²) in [5, 5.41) is 2.85. The fraction of sp³-hybridized carbons (Fsp3) is 0.150. The van der Waals surface area contributed by atoms with E-state index in [4.69, 9.17) is 12.2 Å². The van der Waals surface area contributed by atoms with Crippen LogP contribution in [0.4, 0.5) is 20.2 Å². The smallest absolute Gasteiger partial charge is 0.256 e. The van der Waals surface area contributed by atoms with Crippen LogP contribution in [-0.4, -0.2) is 34.4 Å². The first-order valence-corrected chi connectivity index (χ1v) is 8.88. The molecule has 3 rings (SSSR count). The van der Waals surface area contributed by atoms with Crippen molar-refractivity contribution in [1.29, 1.82) is 0 Å². The zero-order valence-electron chi connectivity index (χ0n) is 14.8. The summed E-state index contributed by atoms with van der Waals surface area (Å²) < 4.78 is 26.2. The van der Waals surface area contributed by atoms with Crippen LogP contribution in [-0.2, 0) is 9.59 Å². The van der Waals surface area contributed by atoms with E-state index in [1.807, 2.05) is 0 Å². The van der Waals surface area contributed by atoms with Gasteiger partial charge in [0.25, 0.3) is 5.91 Å². The number of halogens is 2. The van der Waals surface area contributed by atoms with Crippen molar-refractivity contribution < 1.29 is 18.4 Å². The van der Waals surface area contributed by atoms with Crippen molar-refractivity contribution in [3.63, 3.8) is 0 Å². The number of rotatable bonds is 6. The Morgan fingerprint density at radius 2 is 1.68 bits per heavy atom. The van der Waals surface area contributed by atoms with Crippen molar-refractivity contribution in [2.75, 3.05) is 16.8 Å². The molecule has 1 heterocycles. The molecule has 1 saturated heterocycles. The third-order valence-corrected chi connectivity index (χ3v) is 4.65. The van der Waals surface area contributed by atoms with E-state index >= 15 is 0 Å². The van der Waals surface area contributed by atoms with Crippen molar-refractivity contribution in [3.8, 4) is 0 Å². The van der Waals surface area contributed by atoms with Gasteiger partial charge in [-0.15, -0.1) is 6.58 Å². The summed E-state index contributed by atoms with van der Waals surface area (Å²) in [6.45, 7) is 3.94. The van der Waals surface area contributed by atoms with Crippen LogP contribution in [0, 0.1) is 11.6 Å². The highest BCUT2D eigenvalue weighted by atomic mass is 32.1. The molecule has 0 aliphatic carbocycles. The zero-order valence-corrected chi connectivity index (χ0v) is 15.6. The molecule has 2 aromatic rings. The Morgan fingerprint density at radius 3 is 2.25 bits per heavy atom. The molecule has 144 valence electrons. The summed E-state index contributed by atoms with van der Waals surface area (Å²) in [4.78, 5) is 28.3. The van der Waals surface area contributed by atoms with E-state index in [0.29, 0.717) is 11.4 Å². The molecule has 1 fully saturated rings. The fourth-order valence-electron chi connectivity index (χ4n) is 2.93. The number of benzene rings is 2. The van der Waals surface area contributed by atoms with Gasteiger partial charge >= 0.3 is 0 Å². The molecule has 2 aromatic carbocycles. The highest BCUT2D eigenvalue weighted by molar-refractivity contribution is 7.80. The van der Waals surface area contributed by atoms with Gasteiger partial charge in [-0.05, 0) is 60.7 Å². The Hall–Kier alpha value is -3.13. The number of carbonyl (C=O) groups excluding carboxylic acids is 2. The van der Waals surface area contributed by atoms with E-state index in [9.17, 15) is 18.4 Å². The van der Waals surface area contributed by atoms with E-state index in [2.05, 4.69) is 11.9 Å². The zero-order chi connectivity index (χ0) is 20.3. The molecule has 1 atom stereocenters. The molecule has 1 aliphatic rings. The molecule has 5 nitrogen and oxygen atoms in total. The van der Waals surface area contributed by atoms with Gasteiger partial charge in [-0.1, -0.05) is 6.08 Å². The van der Waals surface area contributed by atoms with Gasteiger partial charge < -0.3 is 10.2 Å². The number of nitrogens with one attached hydrogen (secondary N) is 1. The molecule has 0 radical (unpaired) electrons. The first-order chi connectivity index (χ1) is 13.4. The van der Waals surface area contributed by atoms with Gasteiger partial charge in [0.15, 0.2) is 5.11 Å². The minimum Gasteiger partial charge on any atom is -0.332 e. The lowest BCUT2D eigenvalue weighted by Gasteiger charge is -2.22. The fourth-order valence-corrected chi connectivity index (χ4v) is 3.33. The number of nitrogens with zero attached hydrogens (tertiary/aromatic N) is 2. The molecule has 1 N–H and O–H groups in total. The lowest BCUT2D eigenvalue weighted by Crippen LogP contribution is -2.37. The molecule has 0 unspecified atom stereocenters. The normalized spacial score (nSPS) is 16.4. The second kappa shape index (κ2) is 8.26. The average molecular weight is 401 g/mol. The van der Waals surface area contributed by atoms with Crippen molar-refractivity contribution in [2.24, 2.45) is 0 Å². The predicted octanol–water partition coefficient (Wildman–Crippen LogP) is 3.48. The second-order valence-corrected chi connectivity index (χ2v) is 6.51. The van der Waals surface area contributed by atoms with Crippen LogP contribution in [0.5, 0.6) is 0 Å². The summed E-state index contributed by atoms with van der Waals surface area (Å²) in [7, 11) is 0. The third kappa shape index (κ3) is 4.07. The largest absolute Gasteiger partial charge is 0.332 e. The molecule has 0 aromatic heterocycles. The molecular weight excluding hydrogens is 384 g/mol. The summed E-state index contributed by atoms with van der Waals surface area (Å²) in [6, 6.07) is 9.86. The number of thiocarbonyl (C=S) groups is 1. The highest BCUT2D eigenvalue weighted by Gasteiger charge is 2.43. The maximum absolute atomic E-state index is 13.2. The van der Waals surface area contributed by atoms with E-state index in [1.54, 1.807) is 11.0 Å². The molecule has 0 spiro atoms. The van der Waals surface area contributed by atoms with E-state index in [1.165, 1.54) is 53.4 Å². The van der Waals surface area contributed by atoms with Gasteiger partial charge in [-0.25, -0.2) is 8.78 Å². The molecule has 8 heteroatoms. The number of amides is 2. The summed E-state index contributed by atoms with van der Waals surface area (Å²) >= 11 is 5.41. The summed E-state index contributed by atoms with van der Waals surface area (Å²) in [5.41, 5.74) is 0.844. The Labute approximate surface area is 166 Å². The first-order valence-electron chi connectivity index (χ1n) is 8.47. The van der Waals surface area contributed by atoms with Gasteiger partial charge in [0, 0.05) is 12.2 Å². The van der Waals surface area contributed by atoms with Crippen LogP contribution in [0.25, 0.3) is 0 Å². The van der Waals surface area contributed by atoms with Crippen LogP contribution in [0.3, 0.4) is 0 Å². The molecule has 0 bridgehead atoms. The maximum Gasteiger partial charge on any atom is 0.256 e. The molecular formula is C20H17F2N3O2S. The van der Waals surface area contributed by atoms with Crippen molar-refractivity contribution >= 4 is 40.5 Å². The van der Waals surface area contributed by atoms with Gasteiger partial charge in [-0.3, -0.25) is 14.5 Å². The van der Waals surface area contributed by atoms with Crippen molar-refractivity contribution in [3.05, 3.63) is 72.8 Å². The van der Waals surface area contributed by atoms with E-state index in [0.717, 1.165) is 0 Å².